The summed E-state index contributed by atoms with van der Waals surface area (Å²) in [6, 6.07) is 19.5. The third-order valence-corrected chi connectivity index (χ3v) is 4.92. The first-order valence-electron chi connectivity index (χ1n) is 10.9. The Morgan fingerprint density at radius 3 is 1.24 bits per heavy atom. The summed E-state index contributed by atoms with van der Waals surface area (Å²) in [5.74, 6) is -1.38. The number of amides is 4. The molecule has 174 valence electrons. The van der Waals surface area contributed by atoms with Gasteiger partial charge < -0.3 is 21.3 Å². The molecular formula is C26H26N4O4. The van der Waals surface area contributed by atoms with Crippen LogP contribution in [-0.4, -0.2) is 36.7 Å². The van der Waals surface area contributed by atoms with E-state index in [0.29, 0.717) is 46.7 Å². The molecule has 0 fully saturated rings. The topological polar surface area (TPSA) is 116 Å². The van der Waals surface area contributed by atoms with Gasteiger partial charge in [-0.2, -0.15) is 0 Å². The van der Waals surface area contributed by atoms with Gasteiger partial charge in [0.2, 0.25) is 0 Å². The van der Waals surface area contributed by atoms with Crippen LogP contribution in [0, 0.1) is 0 Å². The highest BCUT2D eigenvalue weighted by Gasteiger charge is 2.16. The van der Waals surface area contributed by atoms with Crippen molar-refractivity contribution in [1.29, 1.82) is 0 Å². The number of carbonyl (C=O) groups is 4. The Labute approximate surface area is 197 Å². The first-order valence-corrected chi connectivity index (χ1v) is 10.9. The first kappa shape index (κ1) is 24.2. The zero-order valence-corrected chi connectivity index (χ0v) is 19.0. The van der Waals surface area contributed by atoms with Crippen LogP contribution in [-0.2, 0) is 0 Å². The van der Waals surface area contributed by atoms with E-state index >= 15 is 0 Å². The molecule has 34 heavy (non-hydrogen) atoms. The fraction of sp³-hybridized carbons (Fsp3) is 0.154. The number of anilines is 2. The van der Waals surface area contributed by atoms with E-state index in [-0.39, 0.29) is 11.8 Å². The number of rotatable bonds is 8. The molecule has 3 aromatic rings. The minimum atomic E-state index is -0.412. The Morgan fingerprint density at radius 1 is 0.529 bits per heavy atom. The van der Waals surface area contributed by atoms with Gasteiger partial charge in [-0.25, -0.2) is 0 Å². The molecule has 0 aliphatic heterocycles. The Morgan fingerprint density at radius 2 is 0.882 bits per heavy atom. The van der Waals surface area contributed by atoms with Gasteiger partial charge >= 0.3 is 0 Å². The molecule has 0 atom stereocenters. The van der Waals surface area contributed by atoms with Crippen LogP contribution in [0.4, 0.5) is 11.4 Å². The van der Waals surface area contributed by atoms with Crippen molar-refractivity contribution in [3.63, 3.8) is 0 Å². The zero-order chi connectivity index (χ0) is 24.5. The van der Waals surface area contributed by atoms with Crippen molar-refractivity contribution >= 4 is 35.0 Å². The van der Waals surface area contributed by atoms with E-state index in [4.69, 9.17) is 0 Å². The lowest BCUT2D eigenvalue weighted by molar-refractivity contribution is 0.0947. The Bertz CT molecular complexity index is 1110. The van der Waals surface area contributed by atoms with Crippen LogP contribution >= 0.6 is 0 Å². The average molecular weight is 459 g/mol. The largest absolute Gasteiger partial charge is 0.352 e. The summed E-state index contributed by atoms with van der Waals surface area (Å²) in [6.07, 6.45) is 0. The molecule has 0 spiro atoms. The molecule has 0 saturated carbocycles. The van der Waals surface area contributed by atoms with E-state index in [1.54, 1.807) is 48.5 Å². The number of para-hydroxylation sites is 2. The lowest BCUT2D eigenvalue weighted by Gasteiger charge is -2.12. The van der Waals surface area contributed by atoms with E-state index in [9.17, 15) is 19.2 Å². The predicted molar refractivity (Wildman–Crippen MR) is 131 cm³/mol. The predicted octanol–water partition coefficient (Wildman–Crippen LogP) is 3.69. The summed E-state index contributed by atoms with van der Waals surface area (Å²) >= 11 is 0. The van der Waals surface area contributed by atoms with Gasteiger partial charge in [0, 0.05) is 24.2 Å². The number of carbonyl (C=O) groups excluding carboxylic acids is 4. The molecule has 3 aromatic carbocycles. The van der Waals surface area contributed by atoms with Crippen LogP contribution < -0.4 is 21.3 Å². The zero-order valence-electron chi connectivity index (χ0n) is 19.0. The molecule has 0 aromatic heterocycles. The third-order valence-electron chi connectivity index (χ3n) is 4.92. The van der Waals surface area contributed by atoms with Crippen LogP contribution in [0.25, 0.3) is 0 Å². The number of benzene rings is 3. The summed E-state index contributed by atoms with van der Waals surface area (Å²) in [5.41, 5.74) is 2.15. The summed E-state index contributed by atoms with van der Waals surface area (Å²) < 4.78 is 0. The van der Waals surface area contributed by atoms with Gasteiger partial charge in [-0.1, -0.05) is 24.3 Å². The Balaban J connectivity index is 1.72. The maximum absolute atomic E-state index is 12.7. The molecule has 0 aliphatic carbocycles. The van der Waals surface area contributed by atoms with Crippen LogP contribution in [0.1, 0.15) is 55.3 Å². The molecule has 3 rings (SSSR count). The minimum absolute atomic E-state index is 0.279. The fourth-order valence-corrected chi connectivity index (χ4v) is 3.25. The average Bonchev–Trinajstić information content (AvgIpc) is 2.85. The molecule has 4 amide bonds. The molecular weight excluding hydrogens is 432 g/mol. The van der Waals surface area contributed by atoms with Gasteiger partial charge in [-0.05, 0) is 62.4 Å². The summed E-state index contributed by atoms with van der Waals surface area (Å²) in [4.78, 5) is 49.9. The van der Waals surface area contributed by atoms with E-state index in [2.05, 4.69) is 21.3 Å². The van der Waals surface area contributed by atoms with Gasteiger partial charge in [-0.15, -0.1) is 0 Å². The molecule has 0 aliphatic rings. The molecule has 0 heterocycles. The normalized spacial score (nSPS) is 10.2. The van der Waals surface area contributed by atoms with Crippen LogP contribution in [0.2, 0.25) is 0 Å². The minimum Gasteiger partial charge on any atom is -0.352 e. The summed E-state index contributed by atoms with van der Waals surface area (Å²) in [5, 5.41) is 10.9. The van der Waals surface area contributed by atoms with Crippen molar-refractivity contribution in [3.05, 3.63) is 95.1 Å². The standard InChI is InChI=1S/C26H26N4O4/c1-3-27-25(33)19-9-5-7-11-21(19)29-23(31)17-13-15-18(16-14-17)24(32)30-22-12-8-6-10-20(22)26(34)28-4-2/h5-16H,3-4H2,1-2H3,(H,27,33)(H,28,34)(H,29,31)(H,30,32). The van der Waals surface area contributed by atoms with E-state index in [1.165, 1.54) is 24.3 Å². The molecule has 0 radical (unpaired) electrons. The molecule has 8 nitrogen and oxygen atoms in total. The highest BCUT2D eigenvalue weighted by atomic mass is 16.2. The van der Waals surface area contributed by atoms with Crippen molar-refractivity contribution in [1.82, 2.24) is 10.6 Å². The SMILES string of the molecule is CCNC(=O)c1ccccc1NC(=O)c1ccc(C(=O)Nc2ccccc2C(=O)NCC)cc1. The highest BCUT2D eigenvalue weighted by molar-refractivity contribution is 6.11. The van der Waals surface area contributed by atoms with Gasteiger partial charge in [0.25, 0.3) is 23.6 Å². The lowest BCUT2D eigenvalue weighted by Crippen LogP contribution is -2.25. The van der Waals surface area contributed by atoms with Crippen molar-refractivity contribution < 1.29 is 19.2 Å². The quantitative estimate of drug-likeness (QED) is 0.412. The van der Waals surface area contributed by atoms with Gasteiger partial charge in [0.1, 0.15) is 0 Å². The number of hydrogen-bond donors (Lipinski definition) is 4. The maximum Gasteiger partial charge on any atom is 0.255 e. The maximum atomic E-state index is 12.7. The van der Waals surface area contributed by atoms with Gasteiger partial charge in [0.05, 0.1) is 22.5 Å². The second kappa shape index (κ2) is 11.4. The smallest absolute Gasteiger partial charge is 0.255 e. The molecule has 0 bridgehead atoms. The lowest BCUT2D eigenvalue weighted by atomic mass is 10.1. The van der Waals surface area contributed by atoms with Crippen molar-refractivity contribution in [2.45, 2.75) is 13.8 Å². The fourth-order valence-electron chi connectivity index (χ4n) is 3.25. The van der Waals surface area contributed by atoms with Crippen molar-refractivity contribution in [2.24, 2.45) is 0 Å². The highest BCUT2D eigenvalue weighted by Crippen LogP contribution is 2.18. The summed E-state index contributed by atoms with van der Waals surface area (Å²) in [6.45, 7) is 4.57. The first-order chi connectivity index (χ1) is 16.4. The monoisotopic (exact) mass is 458 g/mol. The third kappa shape index (κ3) is 5.86. The van der Waals surface area contributed by atoms with Crippen LogP contribution in [0.3, 0.4) is 0 Å². The van der Waals surface area contributed by atoms with Crippen molar-refractivity contribution in [3.8, 4) is 0 Å². The Hall–Kier alpha value is -4.46. The van der Waals surface area contributed by atoms with E-state index in [1.807, 2.05) is 13.8 Å². The Kier molecular flexibility index (Phi) is 8.12. The number of hydrogen-bond acceptors (Lipinski definition) is 4. The van der Waals surface area contributed by atoms with Crippen LogP contribution in [0.5, 0.6) is 0 Å². The second-order valence-corrected chi connectivity index (χ2v) is 7.30. The summed E-state index contributed by atoms with van der Waals surface area (Å²) in [7, 11) is 0. The molecule has 8 heteroatoms. The second-order valence-electron chi connectivity index (χ2n) is 7.30. The molecule has 0 saturated heterocycles. The van der Waals surface area contributed by atoms with E-state index in [0.717, 1.165) is 0 Å². The molecule has 0 unspecified atom stereocenters. The van der Waals surface area contributed by atoms with Crippen molar-refractivity contribution in [2.75, 3.05) is 23.7 Å². The van der Waals surface area contributed by atoms with Gasteiger partial charge in [0.15, 0.2) is 0 Å². The van der Waals surface area contributed by atoms with Gasteiger partial charge in [-0.3, -0.25) is 19.2 Å². The molecule has 4 N–H and O–H groups in total. The van der Waals surface area contributed by atoms with Crippen LogP contribution in [0.15, 0.2) is 72.8 Å². The van der Waals surface area contributed by atoms with E-state index < -0.39 is 11.8 Å². The number of nitrogens with one attached hydrogen (secondary N) is 4.